The van der Waals surface area contributed by atoms with E-state index in [2.05, 4.69) is 15.5 Å². The van der Waals surface area contributed by atoms with E-state index in [-0.39, 0.29) is 5.91 Å². The minimum Gasteiger partial charge on any atom is -0.322 e. The molecule has 0 fully saturated rings. The Bertz CT molecular complexity index is 728. The highest BCUT2D eigenvalue weighted by Crippen LogP contribution is 2.16. The number of aromatic amines is 1. The number of aromatic nitrogens is 2. The fourth-order valence-electron chi connectivity index (χ4n) is 1.74. The first-order valence-electron chi connectivity index (χ1n) is 5.76. The van der Waals surface area contributed by atoms with Crippen LogP contribution in [-0.2, 0) is 4.79 Å². The van der Waals surface area contributed by atoms with Crippen molar-refractivity contribution in [3.8, 4) is 0 Å². The van der Waals surface area contributed by atoms with Crippen LogP contribution in [0.4, 0.5) is 5.69 Å². The summed E-state index contributed by atoms with van der Waals surface area (Å²) >= 11 is 1.60. The fraction of sp³-hybridized carbons (Fsp3) is 0. The van der Waals surface area contributed by atoms with Gasteiger partial charge in [0.25, 0.3) is 0 Å². The van der Waals surface area contributed by atoms with Crippen LogP contribution < -0.4 is 5.32 Å². The third-order valence-electron chi connectivity index (χ3n) is 2.68. The Hall–Kier alpha value is -2.40. The summed E-state index contributed by atoms with van der Waals surface area (Å²) in [6.07, 6.45) is 5.07. The average Bonchev–Trinajstić information content (AvgIpc) is 3.07. The fourth-order valence-corrected chi connectivity index (χ4v) is 2.37. The highest BCUT2D eigenvalue weighted by atomic mass is 32.1. The second-order valence-electron chi connectivity index (χ2n) is 4.05. The monoisotopic (exact) mass is 269 g/mol. The molecule has 2 N–H and O–H groups in total. The van der Waals surface area contributed by atoms with Gasteiger partial charge in [0.05, 0.1) is 11.7 Å². The molecular formula is C14H11N3OS. The summed E-state index contributed by atoms with van der Waals surface area (Å²) in [4.78, 5) is 11.8. The van der Waals surface area contributed by atoms with Crippen LogP contribution in [-0.4, -0.2) is 16.1 Å². The average molecular weight is 269 g/mol. The number of hydrogen-bond donors (Lipinski definition) is 2. The van der Waals surface area contributed by atoms with Crippen molar-refractivity contribution in [1.29, 1.82) is 0 Å². The summed E-state index contributed by atoms with van der Waals surface area (Å²) in [5, 5.41) is 14.6. The molecule has 2 aromatic heterocycles. The predicted molar refractivity (Wildman–Crippen MR) is 78.1 cm³/mol. The van der Waals surface area contributed by atoms with Gasteiger partial charge in [0.2, 0.25) is 5.91 Å². The summed E-state index contributed by atoms with van der Waals surface area (Å²) in [6.45, 7) is 0. The van der Waals surface area contributed by atoms with E-state index in [0.717, 1.165) is 22.2 Å². The van der Waals surface area contributed by atoms with Crippen molar-refractivity contribution in [3.63, 3.8) is 0 Å². The maximum Gasteiger partial charge on any atom is 0.248 e. The van der Waals surface area contributed by atoms with Crippen LogP contribution in [0.3, 0.4) is 0 Å². The van der Waals surface area contributed by atoms with Gasteiger partial charge in [-0.05, 0) is 46.7 Å². The molecule has 0 aliphatic rings. The second kappa shape index (κ2) is 5.07. The third kappa shape index (κ3) is 2.71. The summed E-state index contributed by atoms with van der Waals surface area (Å²) in [5.74, 6) is -0.148. The molecule has 0 saturated carbocycles. The normalized spacial score (nSPS) is 11.2. The Morgan fingerprint density at radius 2 is 2.32 bits per heavy atom. The topological polar surface area (TPSA) is 57.8 Å². The van der Waals surface area contributed by atoms with E-state index in [1.165, 1.54) is 6.08 Å². The number of hydrogen-bond acceptors (Lipinski definition) is 3. The number of anilines is 1. The molecule has 1 aromatic carbocycles. The van der Waals surface area contributed by atoms with E-state index >= 15 is 0 Å². The first kappa shape index (κ1) is 11.7. The van der Waals surface area contributed by atoms with Gasteiger partial charge in [-0.2, -0.15) is 16.4 Å². The molecule has 0 radical (unpaired) electrons. The first-order chi connectivity index (χ1) is 9.31. The third-order valence-corrected chi connectivity index (χ3v) is 3.38. The van der Waals surface area contributed by atoms with Gasteiger partial charge >= 0.3 is 0 Å². The summed E-state index contributed by atoms with van der Waals surface area (Å²) in [5.41, 5.74) is 2.68. The molecule has 0 unspecified atom stereocenters. The van der Waals surface area contributed by atoms with Gasteiger partial charge < -0.3 is 5.32 Å². The van der Waals surface area contributed by atoms with Crippen molar-refractivity contribution < 1.29 is 4.79 Å². The molecule has 1 amide bonds. The zero-order chi connectivity index (χ0) is 13.1. The largest absolute Gasteiger partial charge is 0.322 e. The molecule has 0 aliphatic heterocycles. The molecule has 94 valence electrons. The van der Waals surface area contributed by atoms with Crippen molar-refractivity contribution in [2.75, 3.05) is 5.32 Å². The molecule has 0 atom stereocenters. The molecule has 5 heteroatoms. The van der Waals surface area contributed by atoms with E-state index in [9.17, 15) is 4.79 Å². The lowest BCUT2D eigenvalue weighted by molar-refractivity contribution is -0.111. The molecule has 3 aromatic rings. The van der Waals surface area contributed by atoms with E-state index in [0.29, 0.717) is 0 Å². The summed E-state index contributed by atoms with van der Waals surface area (Å²) in [7, 11) is 0. The Balaban J connectivity index is 1.71. The first-order valence-corrected chi connectivity index (χ1v) is 6.70. The molecule has 3 rings (SSSR count). The molecule has 0 bridgehead atoms. The van der Waals surface area contributed by atoms with Gasteiger partial charge in [-0.25, -0.2) is 0 Å². The van der Waals surface area contributed by atoms with E-state index in [1.54, 1.807) is 23.6 Å². The van der Waals surface area contributed by atoms with Crippen molar-refractivity contribution in [1.82, 2.24) is 10.2 Å². The lowest BCUT2D eigenvalue weighted by atomic mass is 10.2. The highest BCUT2D eigenvalue weighted by molar-refractivity contribution is 7.08. The minimum atomic E-state index is -0.148. The lowest BCUT2D eigenvalue weighted by Gasteiger charge is -2.01. The van der Waals surface area contributed by atoms with Gasteiger partial charge in [-0.3, -0.25) is 9.89 Å². The predicted octanol–water partition coefficient (Wildman–Crippen LogP) is 3.28. The van der Waals surface area contributed by atoms with E-state index in [4.69, 9.17) is 0 Å². The van der Waals surface area contributed by atoms with Crippen LogP contribution in [0.25, 0.3) is 17.0 Å². The van der Waals surface area contributed by atoms with Gasteiger partial charge in [0, 0.05) is 17.1 Å². The molecule has 0 saturated heterocycles. The van der Waals surface area contributed by atoms with Gasteiger partial charge in [-0.15, -0.1) is 0 Å². The van der Waals surface area contributed by atoms with Gasteiger partial charge in [0.1, 0.15) is 0 Å². The zero-order valence-corrected chi connectivity index (χ0v) is 10.8. The molecule has 0 spiro atoms. The number of nitrogens with one attached hydrogen (secondary N) is 2. The Morgan fingerprint density at radius 1 is 1.37 bits per heavy atom. The maximum atomic E-state index is 11.8. The number of amides is 1. The SMILES string of the molecule is O=C(/C=C/c1ccsc1)Nc1ccc2cn[nH]c2c1. The van der Waals surface area contributed by atoms with E-state index < -0.39 is 0 Å². The minimum absolute atomic E-state index is 0.148. The van der Waals surface area contributed by atoms with Crippen LogP contribution >= 0.6 is 11.3 Å². The second-order valence-corrected chi connectivity index (χ2v) is 4.83. The van der Waals surface area contributed by atoms with Crippen molar-refractivity contribution >= 4 is 39.9 Å². The standard InChI is InChI=1S/C14H11N3OS/c18-14(4-1-10-5-6-19-9-10)16-12-3-2-11-8-15-17-13(11)7-12/h1-9H,(H,15,17)(H,16,18)/b4-1+. The number of H-pyrrole nitrogens is 1. The number of thiophene rings is 1. The summed E-state index contributed by atoms with van der Waals surface area (Å²) in [6, 6.07) is 7.59. The number of rotatable bonds is 3. The molecular weight excluding hydrogens is 258 g/mol. The number of fused-ring (bicyclic) bond motifs is 1. The molecule has 2 heterocycles. The molecule has 4 nitrogen and oxygen atoms in total. The number of carbonyl (C=O) groups excluding carboxylic acids is 1. The molecule has 0 aliphatic carbocycles. The Morgan fingerprint density at radius 3 is 3.16 bits per heavy atom. The molecule has 19 heavy (non-hydrogen) atoms. The van der Waals surface area contributed by atoms with Crippen LogP contribution in [0.1, 0.15) is 5.56 Å². The van der Waals surface area contributed by atoms with Crippen LogP contribution in [0, 0.1) is 0 Å². The van der Waals surface area contributed by atoms with Crippen molar-refractivity contribution in [2.24, 2.45) is 0 Å². The van der Waals surface area contributed by atoms with Crippen LogP contribution in [0.5, 0.6) is 0 Å². The van der Waals surface area contributed by atoms with Gasteiger partial charge in [-0.1, -0.05) is 0 Å². The summed E-state index contributed by atoms with van der Waals surface area (Å²) < 4.78 is 0. The van der Waals surface area contributed by atoms with Crippen LogP contribution in [0.15, 0.2) is 47.3 Å². The van der Waals surface area contributed by atoms with E-state index in [1.807, 2.05) is 35.0 Å². The maximum absolute atomic E-state index is 11.8. The number of carbonyl (C=O) groups is 1. The van der Waals surface area contributed by atoms with Gasteiger partial charge in [0.15, 0.2) is 0 Å². The lowest BCUT2D eigenvalue weighted by Crippen LogP contribution is -2.07. The van der Waals surface area contributed by atoms with Crippen molar-refractivity contribution in [2.45, 2.75) is 0 Å². The Labute approximate surface area is 113 Å². The number of nitrogens with zero attached hydrogens (tertiary/aromatic N) is 1. The van der Waals surface area contributed by atoms with Crippen LogP contribution in [0.2, 0.25) is 0 Å². The quantitative estimate of drug-likeness (QED) is 0.717. The zero-order valence-electron chi connectivity index (χ0n) is 9.96. The Kier molecular flexibility index (Phi) is 3.12. The highest BCUT2D eigenvalue weighted by Gasteiger charge is 2.00. The number of benzene rings is 1. The van der Waals surface area contributed by atoms with Crippen molar-refractivity contribution in [3.05, 3.63) is 52.9 Å². The smallest absolute Gasteiger partial charge is 0.248 e.